The molecule has 2 aromatic carbocycles. The van der Waals surface area contributed by atoms with Gasteiger partial charge in [0.05, 0.1) is 17.2 Å². The maximum absolute atomic E-state index is 13.0. The molecule has 31 heavy (non-hydrogen) atoms. The zero-order valence-electron chi connectivity index (χ0n) is 18.3. The van der Waals surface area contributed by atoms with Gasteiger partial charge in [-0.1, -0.05) is 31.0 Å². The van der Waals surface area contributed by atoms with E-state index >= 15 is 0 Å². The quantitative estimate of drug-likeness (QED) is 0.603. The Hall–Kier alpha value is -2.47. The van der Waals surface area contributed by atoms with E-state index in [1.54, 1.807) is 11.8 Å². The molecule has 6 heteroatoms. The minimum atomic E-state index is -0.250. The summed E-state index contributed by atoms with van der Waals surface area (Å²) in [5.41, 5.74) is 2.82. The number of carbonyl (C=O) groups excluding carboxylic acids is 2. The van der Waals surface area contributed by atoms with Crippen LogP contribution in [0.1, 0.15) is 48.5 Å². The van der Waals surface area contributed by atoms with Crippen LogP contribution in [0.5, 0.6) is 5.75 Å². The summed E-state index contributed by atoms with van der Waals surface area (Å²) in [5.74, 6) is 1.51. The molecular weight excluding hydrogens is 408 g/mol. The zero-order chi connectivity index (χ0) is 21.8. The van der Waals surface area contributed by atoms with Crippen molar-refractivity contribution >= 4 is 29.3 Å². The minimum absolute atomic E-state index is 0.0474. The van der Waals surface area contributed by atoms with E-state index in [2.05, 4.69) is 6.92 Å². The van der Waals surface area contributed by atoms with Crippen molar-refractivity contribution < 1.29 is 14.3 Å². The van der Waals surface area contributed by atoms with Gasteiger partial charge in [0.25, 0.3) is 5.91 Å². The van der Waals surface area contributed by atoms with Crippen LogP contribution >= 0.6 is 11.8 Å². The molecule has 0 unspecified atom stereocenters. The van der Waals surface area contributed by atoms with Crippen LogP contribution in [-0.4, -0.2) is 47.0 Å². The number of likely N-dealkylation sites (tertiary alicyclic amines) is 1. The second-order valence-corrected chi connectivity index (χ2v) is 9.66. The number of amides is 2. The van der Waals surface area contributed by atoms with E-state index in [-0.39, 0.29) is 16.7 Å². The van der Waals surface area contributed by atoms with Gasteiger partial charge in [-0.15, -0.1) is 11.8 Å². The second-order valence-electron chi connectivity index (χ2n) is 8.32. The van der Waals surface area contributed by atoms with Crippen molar-refractivity contribution in [1.82, 2.24) is 4.90 Å². The van der Waals surface area contributed by atoms with Crippen molar-refractivity contribution in [3.8, 4) is 5.75 Å². The number of carbonyl (C=O) groups is 2. The summed E-state index contributed by atoms with van der Waals surface area (Å²) < 4.78 is 5.70. The molecule has 0 atom stereocenters. The van der Waals surface area contributed by atoms with Crippen LogP contribution in [0.25, 0.3) is 0 Å². The SMILES string of the molecule is CCCCOc1ccc(C(=O)N2CCC3(CC2)SCC(=O)N3c2ccc(C)cc2)cc1. The highest BCUT2D eigenvalue weighted by molar-refractivity contribution is 8.02. The lowest BCUT2D eigenvalue weighted by molar-refractivity contribution is -0.116. The van der Waals surface area contributed by atoms with Gasteiger partial charge in [0.1, 0.15) is 5.75 Å². The van der Waals surface area contributed by atoms with E-state index in [1.165, 1.54) is 5.56 Å². The Bertz CT molecular complexity index is 919. The first kappa shape index (κ1) is 21.8. The van der Waals surface area contributed by atoms with Gasteiger partial charge in [0, 0.05) is 24.3 Å². The number of aryl methyl sites for hydroxylation is 1. The summed E-state index contributed by atoms with van der Waals surface area (Å²) in [6.45, 7) is 6.18. The van der Waals surface area contributed by atoms with E-state index in [0.717, 1.165) is 37.1 Å². The lowest BCUT2D eigenvalue weighted by atomic mass is 10.00. The van der Waals surface area contributed by atoms with Crippen LogP contribution in [0.15, 0.2) is 48.5 Å². The summed E-state index contributed by atoms with van der Waals surface area (Å²) in [4.78, 5) is 29.4. The van der Waals surface area contributed by atoms with Gasteiger partial charge in [-0.25, -0.2) is 0 Å². The summed E-state index contributed by atoms with van der Waals surface area (Å²) in [5, 5.41) is 0. The maximum atomic E-state index is 13.0. The van der Waals surface area contributed by atoms with Crippen molar-refractivity contribution in [3.05, 3.63) is 59.7 Å². The summed E-state index contributed by atoms with van der Waals surface area (Å²) in [6.07, 6.45) is 3.68. The van der Waals surface area contributed by atoms with Crippen molar-refractivity contribution in [2.45, 2.75) is 44.4 Å². The van der Waals surface area contributed by atoms with E-state index in [0.29, 0.717) is 31.0 Å². The Balaban J connectivity index is 1.41. The second kappa shape index (κ2) is 9.35. The molecule has 0 radical (unpaired) electrons. The van der Waals surface area contributed by atoms with E-state index in [9.17, 15) is 9.59 Å². The summed E-state index contributed by atoms with van der Waals surface area (Å²) in [6, 6.07) is 15.6. The van der Waals surface area contributed by atoms with Gasteiger partial charge in [-0.3, -0.25) is 14.5 Å². The Kier molecular flexibility index (Phi) is 6.56. The molecule has 164 valence electrons. The first-order valence-corrected chi connectivity index (χ1v) is 12.1. The summed E-state index contributed by atoms with van der Waals surface area (Å²) in [7, 11) is 0. The highest BCUT2D eigenvalue weighted by Gasteiger charge is 2.49. The molecule has 0 saturated carbocycles. The van der Waals surface area contributed by atoms with Crippen LogP contribution in [0.4, 0.5) is 5.69 Å². The van der Waals surface area contributed by atoms with Gasteiger partial charge >= 0.3 is 0 Å². The number of hydrogen-bond acceptors (Lipinski definition) is 4. The van der Waals surface area contributed by atoms with Gasteiger partial charge in [-0.05, 0) is 62.6 Å². The maximum Gasteiger partial charge on any atom is 0.253 e. The molecule has 4 rings (SSSR count). The third kappa shape index (κ3) is 4.59. The van der Waals surface area contributed by atoms with Crippen molar-refractivity contribution in [2.24, 2.45) is 0 Å². The summed E-state index contributed by atoms with van der Waals surface area (Å²) >= 11 is 1.72. The smallest absolute Gasteiger partial charge is 0.253 e. The molecule has 2 aromatic rings. The van der Waals surface area contributed by atoms with Crippen LogP contribution in [0, 0.1) is 6.92 Å². The molecule has 2 heterocycles. The first-order valence-electron chi connectivity index (χ1n) is 11.1. The minimum Gasteiger partial charge on any atom is -0.494 e. The molecule has 0 N–H and O–H groups in total. The van der Waals surface area contributed by atoms with E-state index in [4.69, 9.17) is 4.74 Å². The third-order valence-electron chi connectivity index (χ3n) is 6.11. The molecular formula is C25H30N2O3S. The van der Waals surface area contributed by atoms with Gasteiger partial charge in [0.2, 0.25) is 5.91 Å². The van der Waals surface area contributed by atoms with Gasteiger partial charge < -0.3 is 9.64 Å². The zero-order valence-corrected chi connectivity index (χ0v) is 19.1. The number of nitrogens with zero attached hydrogens (tertiary/aromatic N) is 2. The molecule has 0 bridgehead atoms. The largest absolute Gasteiger partial charge is 0.494 e. The molecule has 2 aliphatic heterocycles. The number of rotatable bonds is 6. The van der Waals surface area contributed by atoms with Gasteiger partial charge in [-0.2, -0.15) is 0 Å². The topological polar surface area (TPSA) is 49.9 Å². The first-order chi connectivity index (χ1) is 15.0. The Morgan fingerprint density at radius 2 is 1.74 bits per heavy atom. The number of anilines is 1. The molecule has 0 aromatic heterocycles. The van der Waals surface area contributed by atoms with Crippen molar-refractivity contribution in [1.29, 1.82) is 0 Å². The fourth-order valence-corrected chi connectivity index (χ4v) is 5.59. The van der Waals surface area contributed by atoms with Crippen LogP contribution in [0.2, 0.25) is 0 Å². The van der Waals surface area contributed by atoms with E-state index < -0.39 is 0 Å². The fourth-order valence-electron chi connectivity index (χ4n) is 4.26. The average molecular weight is 439 g/mol. The van der Waals surface area contributed by atoms with Gasteiger partial charge in [0.15, 0.2) is 0 Å². The lowest BCUT2D eigenvalue weighted by Crippen LogP contribution is -2.53. The Morgan fingerprint density at radius 1 is 1.06 bits per heavy atom. The molecule has 2 aliphatic rings. The third-order valence-corrected chi connectivity index (χ3v) is 7.63. The molecule has 1 spiro atoms. The predicted octanol–water partition coefficient (Wildman–Crippen LogP) is 4.89. The monoisotopic (exact) mass is 438 g/mol. The average Bonchev–Trinajstić information content (AvgIpc) is 3.10. The standard InChI is InChI=1S/C25H30N2O3S/c1-3-4-17-30-22-11-7-20(8-12-22)24(29)26-15-13-25(14-16-26)27(23(28)18-31-25)21-9-5-19(2)6-10-21/h5-12H,3-4,13-18H2,1-2H3. The van der Waals surface area contributed by atoms with Crippen LogP contribution < -0.4 is 9.64 Å². The van der Waals surface area contributed by atoms with E-state index in [1.807, 2.05) is 65.3 Å². The molecule has 2 fully saturated rings. The highest BCUT2D eigenvalue weighted by atomic mass is 32.2. The number of unbranched alkanes of at least 4 members (excludes halogenated alkanes) is 1. The number of hydrogen-bond donors (Lipinski definition) is 0. The number of piperidine rings is 1. The molecule has 0 aliphatic carbocycles. The Labute approximate surface area is 188 Å². The van der Waals surface area contributed by atoms with Crippen molar-refractivity contribution in [2.75, 3.05) is 30.3 Å². The molecule has 2 amide bonds. The highest BCUT2D eigenvalue weighted by Crippen LogP contribution is 2.46. The van der Waals surface area contributed by atoms with Crippen LogP contribution in [-0.2, 0) is 4.79 Å². The molecule has 5 nitrogen and oxygen atoms in total. The number of benzene rings is 2. The number of thioether (sulfide) groups is 1. The molecule has 2 saturated heterocycles. The lowest BCUT2D eigenvalue weighted by Gasteiger charge is -2.44. The van der Waals surface area contributed by atoms with Crippen molar-refractivity contribution in [3.63, 3.8) is 0 Å². The van der Waals surface area contributed by atoms with Crippen LogP contribution in [0.3, 0.4) is 0 Å². The fraction of sp³-hybridized carbons (Fsp3) is 0.440. The predicted molar refractivity (Wildman–Crippen MR) is 126 cm³/mol. The Morgan fingerprint density at radius 3 is 2.39 bits per heavy atom. The number of ether oxygens (including phenoxy) is 1. The normalized spacial score (nSPS) is 17.9.